The van der Waals surface area contributed by atoms with Crippen LogP contribution in [0.15, 0.2) is 41.6 Å². The van der Waals surface area contributed by atoms with Gasteiger partial charge in [0, 0.05) is 29.0 Å². The molecule has 2 aromatic carbocycles. The molecule has 1 aliphatic heterocycles. The molecule has 0 aliphatic carbocycles. The predicted molar refractivity (Wildman–Crippen MR) is 89.0 cm³/mol. The summed E-state index contributed by atoms with van der Waals surface area (Å²) in [6.45, 7) is 0.479. The van der Waals surface area contributed by atoms with E-state index in [1.54, 1.807) is 6.07 Å². The first-order valence-corrected chi connectivity index (χ1v) is 8.27. The van der Waals surface area contributed by atoms with E-state index in [9.17, 15) is 10.1 Å². The third-order valence-electron chi connectivity index (χ3n) is 3.71. The van der Waals surface area contributed by atoms with Crippen LogP contribution in [0.5, 0.6) is 5.75 Å². The Hall–Kier alpha value is -2.58. The highest BCUT2D eigenvalue weighted by Crippen LogP contribution is 2.36. The van der Waals surface area contributed by atoms with Gasteiger partial charge in [0.2, 0.25) is 0 Å². The van der Waals surface area contributed by atoms with Crippen molar-refractivity contribution in [3.8, 4) is 5.75 Å². The van der Waals surface area contributed by atoms with Crippen molar-refractivity contribution in [1.82, 2.24) is 9.97 Å². The number of rotatable bonds is 4. The highest BCUT2D eigenvalue weighted by Gasteiger charge is 2.21. The molecular weight excluding hydrogens is 330 g/mol. The van der Waals surface area contributed by atoms with Gasteiger partial charge in [-0.15, -0.1) is 0 Å². The van der Waals surface area contributed by atoms with Gasteiger partial charge in [-0.2, -0.15) is 0 Å². The van der Waals surface area contributed by atoms with Crippen molar-refractivity contribution in [3.05, 3.63) is 57.6 Å². The van der Waals surface area contributed by atoms with Gasteiger partial charge in [0.05, 0.1) is 22.6 Å². The first-order chi connectivity index (χ1) is 11.7. The van der Waals surface area contributed by atoms with E-state index in [1.165, 1.54) is 17.8 Å². The molecule has 0 bridgehead atoms. The van der Waals surface area contributed by atoms with E-state index < -0.39 is 4.92 Å². The van der Waals surface area contributed by atoms with Gasteiger partial charge < -0.3 is 14.5 Å². The maximum atomic E-state index is 11.1. The molecule has 2 heterocycles. The largest absolute Gasteiger partial charge is 0.467 e. The number of para-hydroxylation sites is 2. The highest BCUT2D eigenvalue weighted by atomic mass is 32.2. The quantitative estimate of drug-likeness (QED) is 0.442. The van der Waals surface area contributed by atoms with Crippen LogP contribution in [0.3, 0.4) is 0 Å². The Labute approximate surface area is 141 Å². The van der Waals surface area contributed by atoms with Gasteiger partial charge in [0.1, 0.15) is 5.75 Å². The normalized spacial score (nSPS) is 13.5. The number of hydrogen-bond acceptors (Lipinski definition) is 6. The zero-order valence-electron chi connectivity index (χ0n) is 12.5. The molecule has 1 N–H and O–H groups in total. The number of H-pyrrole nitrogens is 1. The van der Waals surface area contributed by atoms with Crippen LogP contribution in [0.1, 0.15) is 11.1 Å². The average Bonchev–Trinajstić information content (AvgIpc) is 3.02. The minimum atomic E-state index is -0.399. The van der Waals surface area contributed by atoms with Gasteiger partial charge in [0.25, 0.3) is 5.69 Å². The summed E-state index contributed by atoms with van der Waals surface area (Å²) >= 11 is 1.48. The maximum absolute atomic E-state index is 11.1. The van der Waals surface area contributed by atoms with E-state index >= 15 is 0 Å². The Morgan fingerprint density at radius 1 is 1.33 bits per heavy atom. The molecule has 0 spiro atoms. The lowest BCUT2D eigenvalue weighted by Crippen LogP contribution is -2.13. The molecule has 122 valence electrons. The number of non-ortho nitro benzene ring substituents is 1. The van der Waals surface area contributed by atoms with Crippen LogP contribution in [0.2, 0.25) is 0 Å². The second-order valence-corrected chi connectivity index (χ2v) is 6.27. The van der Waals surface area contributed by atoms with Crippen LogP contribution in [0.4, 0.5) is 5.69 Å². The van der Waals surface area contributed by atoms with Crippen molar-refractivity contribution in [2.45, 2.75) is 17.5 Å². The molecule has 4 rings (SSSR count). The summed E-state index contributed by atoms with van der Waals surface area (Å²) in [5.74, 6) is 1.19. The number of nitrogens with one attached hydrogen (secondary N) is 1. The van der Waals surface area contributed by atoms with E-state index in [4.69, 9.17) is 9.47 Å². The molecule has 0 amide bonds. The van der Waals surface area contributed by atoms with Crippen LogP contribution in [0.25, 0.3) is 11.0 Å². The first-order valence-electron chi connectivity index (χ1n) is 7.29. The van der Waals surface area contributed by atoms with E-state index in [1.807, 2.05) is 24.3 Å². The number of nitrogens with zero attached hydrogens (tertiary/aromatic N) is 2. The molecule has 1 aliphatic rings. The van der Waals surface area contributed by atoms with Crippen molar-refractivity contribution in [3.63, 3.8) is 0 Å². The fourth-order valence-corrected chi connectivity index (χ4v) is 3.49. The number of hydrogen-bond donors (Lipinski definition) is 1. The number of benzene rings is 2. The van der Waals surface area contributed by atoms with E-state index in [0.29, 0.717) is 23.7 Å². The number of nitro benzene ring substituents is 1. The van der Waals surface area contributed by atoms with Gasteiger partial charge >= 0.3 is 0 Å². The van der Waals surface area contributed by atoms with Crippen LogP contribution in [-0.4, -0.2) is 21.7 Å². The Balaban J connectivity index is 1.63. The van der Waals surface area contributed by atoms with Crippen LogP contribution < -0.4 is 4.74 Å². The zero-order valence-corrected chi connectivity index (χ0v) is 13.3. The van der Waals surface area contributed by atoms with Crippen LogP contribution in [-0.2, 0) is 17.1 Å². The smallest absolute Gasteiger partial charge is 0.270 e. The summed E-state index contributed by atoms with van der Waals surface area (Å²) in [7, 11) is 0. The van der Waals surface area contributed by atoms with Crippen LogP contribution in [0, 0.1) is 10.1 Å². The topological polar surface area (TPSA) is 90.3 Å². The predicted octanol–water partition coefficient (Wildman–Crippen LogP) is 3.63. The first kappa shape index (κ1) is 15.0. The van der Waals surface area contributed by atoms with Crippen molar-refractivity contribution in [1.29, 1.82) is 0 Å². The van der Waals surface area contributed by atoms with E-state index in [-0.39, 0.29) is 12.5 Å². The molecule has 3 aromatic rings. The molecule has 24 heavy (non-hydrogen) atoms. The minimum Gasteiger partial charge on any atom is -0.467 e. The molecule has 0 saturated heterocycles. The molecule has 8 heteroatoms. The van der Waals surface area contributed by atoms with Gasteiger partial charge in [0.15, 0.2) is 11.9 Å². The van der Waals surface area contributed by atoms with Crippen molar-refractivity contribution < 1.29 is 14.4 Å². The Morgan fingerprint density at radius 3 is 3.04 bits per heavy atom. The Kier molecular flexibility index (Phi) is 3.83. The Morgan fingerprint density at radius 2 is 2.21 bits per heavy atom. The number of imidazole rings is 1. The lowest BCUT2D eigenvalue weighted by molar-refractivity contribution is -0.385. The number of nitro groups is 1. The highest BCUT2D eigenvalue weighted by molar-refractivity contribution is 7.98. The van der Waals surface area contributed by atoms with Crippen molar-refractivity contribution in [2.75, 3.05) is 6.79 Å². The molecule has 0 atom stereocenters. The summed E-state index contributed by atoms with van der Waals surface area (Å²) in [6.07, 6.45) is 0. The molecule has 0 radical (unpaired) electrons. The van der Waals surface area contributed by atoms with E-state index in [2.05, 4.69) is 9.97 Å². The Bertz CT molecular complexity index is 892. The lowest BCUT2D eigenvalue weighted by atomic mass is 10.1. The molecule has 1 aromatic heterocycles. The standard InChI is InChI=1S/C16H13N3O4S/c20-19(21)12-5-10-7-22-9-23-15(10)11(6-12)8-24-16-17-13-3-1-2-4-14(13)18-16/h1-6H,7-9H2,(H,17,18). The summed E-state index contributed by atoms with van der Waals surface area (Å²) in [5.41, 5.74) is 3.38. The second-order valence-electron chi connectivity index (χ2n) is 5.31. The van der Waals surface area contributed by atoms with Gasteiger partial charge in [-0.3, -0.25) is 10.1 Å². The van der Waals surface area contributed by atoms with Gasteiger partial charge in [-0.25, -0.2) is 4.98 Å². The van der Waals surface area contributed by atoms with Crippen LogP contribution >= 0.6 is 11.8 Å². The van der Waals surface area contributed by atoms with E-state index in [0.717, 1.165) is 21.8 Å². The molecule has 0 saturated carbocycles. The molecule has 7 nitrogen and oxygen atoms in total. The number of aromatic amines is 1. The second kappa shape index (κ2) is 6.14. The molecule has 0 fully saturated rings. The SMILES string of the molecule is O=[N+]([O-])c1cc2c(c(CSc3nc4ccccc4[nH]3)c1)OCOC2. The maximum Gasteiger partial charge on any atom is 0.270 e. The zero-order chi connectivity index (χ0) is 16.5. The third-order valence-corrected chi connectivity index (χ3v) is 4.64. The molecule has 0 unspecified atom stereocenters. The fraction of sp³-hybridized carbons (Fsp3) is 0.188. The number of fused-ring (bicyclic) bond motifs is 2. The summed E-state index contributed by atoms with van der Waals surface area (Å²) in [4.78, 5) is 18.5. The number of thioether (sulfide) groups is 1. The third kappa shape index (κ3) is 2.81. The monoisotopic (exact) mass is 343 g/mol. The minimum absolute atomic E-state index is 0.0445. The van der Waals surface area contributed by atoms with Gasteiger partial charge in [-0.05, 0) is 12.1 Å². The summed E-state index contributed by atoms with van der Waals surface area (Å²) < 4.78 is 10.8. The molecular formula is C16H13N3O4S. The lowest BCUT2D eigenvalue weighted by Gasteiger charge is -2.20. The summed E-state index contributed by atoms with van der Waals surface area (Å²) in [5, 5.41) is 11.9. The fourth-order valence-electron chi connectivity index (χ4n) is 2.64. The average molecular weight is 343 g/mol. The van der Waals surface area contributed by atoms with Crippen molar-refractivity contribution >= 4 is 28.5 Å². The van der Waals surface area contributed by atoms with Crippen molar-refractivity contribution in [2.24, 2.45) is 0 Å². The number of ether oxygens (including phenoxy) is 2. The number of aromatic nitrogens is 2. The summed E-state index contributed by atoms with van der Waals surface area (Å²) in [6, 6.07) is 10.8. The van der Waals surface area contributed by atoms with Gasteiger partial charge in [-0.1, -0.05) is 23.9 Å².